The minimum atomic E-state index is -4.51. The van der Waals surface area contributed by atoms with Gasteiger partial charge in [-0.25, -0.2) is 0 Å². The van der Waals surface area contributed by atoms with Crippen LogP contribution in [0.5, 0.6) is 0 Å². The van der Waals surface area contributed by atoms with Gasteiger partial charge in [-0.05, 0) is 36.6 Å². The molecule has 1 aromatic carbocycles. The topological polar surface area (TPSA) is 86.5 Å². The van der Waals surface area contributed by atoms with Crippen LogP contribution in [0.25, 0.3) is 11.3 Å². The molecular formula is C25H29F3N6O2. The molecule has 8 nitrogen and oxygen atoms in total. The molecule has 0 aliphatic carbocycles. The van der Waals surface area contributed by atoms with E-state index >= 15 is 0 Å². The van der Waals surface area contributed by atoms with Gasteiger partial charge in [-0.3, -0.25) is 14.9 Å². The van der Waals surface area contributed by atoms with Crippen LogP contribution in [0, 0.1) is 5.41 Å². The van der Waals surface area contributed by atoms with Crippen LogP contribution in [-0.2, 0) is 29.2 Å². The molecule has 0 spiro atoms. The first-order valence-corrected chi connectivity index (χ1v) is 12.0. The van der Waals surface area contributed by atoms with Gasteiger partial charge in [0.05, 0.1) is 31.5 Å². The van der Waals surface area contributed by atoms with Gasteiger partial charge >= 0.3 is 6.18 Å². The van der Waals surface area contributed by atoms with Crippen LogP contribution >= 0.6 is 0 Å². The standard InChI is InChI=1S/C25H29F3N6O2/c1-15(35)33-9-7-20(30-18-13-36-14-18)19(12-33)24(29)34-8-3-4-16-10-17(5-6-21(16)34)22-11-23(25(26,27)28)31-32(22)2/h5-6,10-11,18,29-30H,3-4,7-9,12-14H2,1-2H3. The number of carbonyl (C=O) groups is 1. The van der Waals surface area contributed by atoms with Gasteiger partial charge in [-0.15, -0.1) is 0 Å². The summed E-state index contributed by atoms with van der Waals surface area (Å²) in [6.07, 6.45) is -2.29. The van der Waals surface area contributed by atoms with Gasteiger partial charge in [0.25, 0.3) is 0 Å². The maximum absolute atomic E-state index is 13.2. The molecule has 1 fully saturated rings. The average molecular weight is 503 g/mol. The summed E-state index contributed by atoms with van der Waals surface area (Å²) < 4.78 is 46.0. The van der Waals surface area contributed by atoms with E-state index in [0.29, 0.717) is 56.4 Å². The van der Waals surface area contributed by atoms with Crippen LogP contribution in [0.1, 0.15) is 31.0 Å². The van der Waals surface area contributed by atoms with E-state index < -0.39 is 11.9 Å². The number of hydrogen-bond donors (Lipinski definition) is 2. The summed E-state index contributed by atoms with van der Waals surface area (Å²) in [5.74, 6) is 0.321. The summed E-state index contributed by atoms with van der Waals surface area (Å²) in [4.78, 5) is 15.8. The molecule has 0 bridgehead atoms. The first kappa shape index (κ1) is 24.4. The number of hydrogen-bond acceptors (Lipinski definition) is 5. The number of carbonyl (C=O) groups excluding carboxylic acids is 1. The SMILES string of the molecule is CC(=O)N1CCC(NC2COC2)=C(C(=N)N2CCCc3cc(-c4cc(C(F)(F)F)nn4C)ccc32)C1. The molecule has 1 saturated heterocycles. The van der Waals surface area contributed by atoms with Gasteiger partial charge in [-0.2, -0.15) is 18.3 Å². The quantitative estimate of drug-likeness (QED) is 0.495. The third-order valence-electron chi connectivity index (χ3n) is 7.03. The fourth-order valence-electron chi connectivity index (χ4n) is 5.00. The molecule has 2 N–H and O–H groups in total. The molecular weight excluding hydrogens is 473 g/mol. The smallest absolute Gasteiger partial charge is 0.381 e. The Morgan fingerprint density at radius 1 is 1.19 bits per heavy atom. The van der Waals surface area contributed by atoms with Crippen molar-refractivity contribution in [1.82, 2.24) is 20.0 Å². The number of halogens is 3. The molecule has 2 aromatic rings. The minimum Gasteiger partial charge on any atom is -0.381 e. The van der Waals surface area contributed by atoms with Crippen LogP contribution in [0.3, 0.4) is 0 Å². The first-order valence-electron chi connectivity index (χ1n) is 12.0. The zero-order valence-corrected chi connectivity index (χ0v) is 20.3. The summed E-state index contributed by atoms with van der Waals surface area (Å²) >= 11 is 0. The number of rotatable bonds is 4. The molecule has 192 valence electrons. The summed E-state index contributed by atoms with van der Waals surface area (Å²) in [5.41, 5.74) is 3.73. The summed E-state index contributed by atoms with van der Waals surface area (Å²) in [7, 11) is 1.50. The molecule has 0 atom stereocenters. The largest absolute Gasteiger partial charge is 0.435 e. The van der Waals surface area contributed by atoms with Gasteiger partial charge in [0.15, 0.2) is 5.69 Å². The third kappa shape index (κ3) is 4.59. The van der Waals surface area contributed by atoms with Crippen LogP contribution in [-0.4, -0.2) is 65.3 Å². The molecule has 0 radical (unpaired) electrons. The van der Waals surface area contributed by atoms with Crippen molar-refractivity contribution in [2.24, 2.45) is 7.05 Å². The number of amides is 1. The minimum absolute atomic E-state index is 0.0237. The fourth-order valence-corrected chi connectivity index (χ4v) is 5.00. The Bertz CT molecular complexity index is 1230. The Morgan fingerprint density at radius 3 is 2.61 bits per heavy atom. The number of alkyl halides is 3. The summed E-state index contributed by atoms with van der Waals surface area (Å²) in [6, 6.07) is 6.83. The Balaban J connectivity index is 1.46. The molecule has 1 amide bonds. The molecule has 5 rings (SSSR count). The molecule has 11 heteroatoms. The van der Waals surface area contributed by atoms with Crippen molar-refractivity contribution in [2.75, 3.05) is 37.7 Å². The van der Waals surface area contributed by atoms with Gasteiger partial charge in [-0.1, -0.05) is 6.07 Å². The molecule has 4 heterocycles. The number of aromatic nitrogens is 2. The number of amidine groups is 1. The van der Waals surface area contributed by atoms with E-state index in [1.165, 1.54) is 11.7 Å². The number of anilines is 1. The van der Waals surface area contributed by atoms with Crippen molar-refractivity contribution in [2.45, 2.75) is 38.4 Å². The maximum Gasteiger partial charge on any atom is 0.435 e. The zero-order chi connectivity index (χ0) is 25.6. The predicted molar refractivity (Wildman–Crippen MR) is 129 cm³/mol. The Kier molecular flexibility index (Phi) is 6.27. The summed E-state index contributed by atoms with van der Waals surface area (Å²) in [5, 5.41) is 16.3. The van der Waals surface area contributed by atoms with E-state index in [0.717, 1.165) is 41.4 Å². The Hall–Kier alpha value is -3.34. The van der Waals surface area contributed by atoms with Crippen LogP contribution in [0.2, 0.25) is 0 Å². The maximum atomic E-state index is 13.2. The second-order valence-electron chi connectivity index (χ2n) is 9.51. The van der Waals surface area contributed by atoms with Crippen LogP contribution in [0.15, 0.2) is 35.5 Å². The molecule has 36 heavy (non-hydrogen) atoms. The van der Waals surface area contributed by atoms with E-state index in [2.05, 4.69) is 10.4 Å². The van der Waals surface area contributed by atoms with Crippen molar-refractivity contribution in [1.29, 1.82) is 5.41 Å². The van der Waals surface area contributed by atoms with E-state index in [1.54, 1.807) is 17.9 Å². The van der Waals surface area contributed by atoms with Crippen LogP contribution in [0.4, 0.5) is 18.9 Å². The highest BCUT2D eigenvalue weighted by Gasteiger charge is 2.35. The lowest BCUT2D eigenvalue weighted by Crippen LogP contribution is -2.50. The monoisotopic (exact) mass is 502 g/mol. The lowest BCUT2D eigenvalue weighted by Gasteiger charge is -2.38. The van der Waals surface area contributed by atoms with E-state index in [9.17, 15) is 18.0 Å². The third-order valence-corrected chi connectivity index (χ3v) is 7.03. The van der Waals surface area contributed by atoms with E-state index in [1.807, 2.05) is 17.0 Å². The second-order valence-corrected chi connectivity index (χ2v) is 9.51. The van der Waals surface area contributed by atoms with Gasteiger partial charge in [0.2, 0.25) is 5.91 Å². The van der Waals surface area contributed by atoms with Crippen molar-refractivity contribution >= 4 is 17.4 Å². The molecule has 0 saturated carbocycles. The van der Waals surface area contributed by atoms with Crippen LogP contribution < -0.4 is 10.2 Å². The number of aryl methyl sites for hydroxylation is 2. The molecule has 0 unspecified atom stereocenters. The predicted octanol–water partition coefficient (Wildman–Crippen LogP) is 3.33. The van der Waals surface area contributed by atoms with Gasteiger partial charge in [0, 0.05) is 56.0 Å². The normalized spacial score (nSPS) is 18.7. The molecule has 3 aliphatic heterocycles. The number of nitrogens with one attached hydrogen (secondary N) is 2. The number of benzene rings is 1. The van der Waals surface area contributed by atoms with Gasteiger partial charge in [0.1, 0.15) is 5.84 Å². The number of nitrogens with zero attached hydrogens (tertiary/aromatic N) is 4. The molecule has 1 aromatic heterocycles. The second kappa shape index (κ2) is 9.27. The number of ether oxygens (including phenoxy) is 1. The number of fused-ring (bicyclic) bond motifs is 1. The molecule has 3 aliphatic rings. The fraction of sp³-hybridized carbons (Fsp3) is 0.480. The van der Waals surface area contributed by atoms with E-state index in [4.69, 9.17) is 10.1 Å². The highest BCUT2D eigenvalue weighted by atomic mass is 19.4. The van der Waals surface area contributed by atoms with Crippen molar-refractivity contribution < 1.29 is 22.7 Å². The summed E-state index contributed by atoms with van der Waals surface area (Å²) in [6.45, 7) is 4.41. The van der Waals surface area contributed by atoms with Gasteiger partial charge < -0.3 is 19.9 Å². The van der Waals surface area contributed by atoms with E-state index in [-0.39, 0.29) is 11.9 Å². The highest BCUT2D eigenvalue weighted by Crippen LogP contribution is 2.36. The van der Waals surface area contributed by atoms with Crippen molar-refractivity contribution in [3.05, 3.63) is 46.8 Å². The Morgan fingerprint density at radius 2 is 1.97 bits per heavy atom. The highest BCUT2D eigenvalue weighted by molar-refractivity contribution is 6.09. The Labute approximate surface area is 207 Å². The average Bonchev–Trinajstić information content (AvgIpc) is 3.22. The first-order chi connectivity index (χ1) is 17.1. The lowest BCUT2D eigenvalue weighted by molar-refractivity contribution is -0.141. The lowest BCUT2D eigenvalue weighted by atomic mass is 9.96. The zero-order valence-electron chi connectivity index (χ0n) is 20.3. The van der Waals surface area contributed by atoms with Crippen molar-refractivity contribution in [3.8, 4) is 11.3 Å². The van der Waals surface area contributed by atoms with Crippen molar-refractivity contribution in [3.63, 3.8) is 0 Å².